The van der Waals surface area contributed by atoms with Gasteiger partial charge in [-0.15, -0.1) is 0 Å². The number of Topliss-reactive ketones (excluding diaryl/α,β-unsaturated/α-hetero) is 1. The average Bonchev–Trinajstić information content (AvgIpc) is 2.51. The number of carbonyl (C=O) groups is 2. The van der Waals surface area contributed by atoms with E-state index < -0.39 is 0 Å². The summed E-state index contributed by atoms with van der Waals surface area (Å²) in [6.45, 7) is 5.05. The quantitative estimate of drug-likeness (QED) is 0.798. The van der Waals surface area contributed by atoms with Crippen LogP contribution in [-0.2, 0) is 4.74 Å². The fraction of sp³-hybridized carbons (Fsp3) is 0.500. The van der Waals surface area contributed by atoms with E-state index in [2.05, 4.69) is 0 Å². The Morgan fingerprint density at radius 3 is 2.36 bits per heavy atom. The van der Waals surface area contributed by atoms with Crippen molar-refractivity contribution in [2.24, 2.45) is 0 Å². The van der Waals surface area contributed by atoms with Gasteiger partial charge < -0.3 is 14.4 Å². The Kier molecular flexibility index (Phi) is 5.85. The predicted octanol–water partition coefficient (Wildman–Crippen LogP) is 2.84. The van der Waals surface area contributed by atoms with Gasteiger partial charge in [0, 0.05) is 18.7 Å². The number of amides is 1. The van der Waals surface area contributed by atoms with Gasteiger partial charge in [-0.2, -0.15) is 0 Å². The van der Waals surface area contributed by atoms with Crippen molar-refractivity contribution in [3.63, 3.8) is 0 Å². The van der Waals surface area contributed by atoms with Crippen molar-refractivity contribution >= 4 is 22.8 Å². The lowest BCUT2D eigenvalue weighted by Gasteiger charge is -2.34. The van der Waals surface area contributed by atoms with Crippen molar-refractivity contribution in [2.45, 2.75) is 26.1 Å². The largest absolute Gasteiger partial charge is 0.497 e. The molecule has 0 radical (unpaired) electrons. The van der Waals surface area contributed by atoms with E-state index in [4.69, 9.17) is 9.47 Å². The van der Waals surface area contributed by atoms with Crippen LogP contribution in [0.15, 0.2) is 24.3 Å². The molecule has 1 aromatic rings. The molecule has 1 aliphatic heterocycles. The van der Waals surface area contributed by atoms with Gasteiger partial charge in [0.25, 0.3) is 5.24 Å². The van der Waals surface area contributed by atoms with Crippen LogP contribution >= 0.6 is 11.8 Å². The topological polar surface area (TPSA) is 55.8 Å². The summed E-state index contributed by atoms with van der Waals surface area (Å²) in [6, 6.07) is 6.91. The second kappa shape index (κ2) is 7.65. The Morgan fingerprint density at radius 1 is 1.23 bits per heavy atom. The lowest BCUT2D eigenvalue weighted by atomic mass is 10.1. The lowest BCUT2D eigenvalue weighted by molar-refractivity contribution is -0.0515. The SMILES string of the molecule is COc1ccc(C(=O)CSC(=O)N2C[C@@H](C)O[C@@H](C)C2)cc1. The van der Waals surface area contributed by atoms with Crippen LogP contribution in [0.2, 0.25) is 0 Å². The number of carbonyl (C=O) groups excluding carboxylic acids is 2. The molecule has 1 saturated heterocycles. The number of nitrogens with zero attached hydrogens (tertiary/aromatic N) is 1. The number of ether oxygens (including phenoxy) is 2. The molecule has 6 heteroatoms. The van der Waals surface area contributed by atoms with Crippen molar-refractivity contribution in [2.75, 3.05) is 26.0 Å². The molecule has 1 amide bonds. The second-order valence-corrected chi connectivity index (χ2v) is 6.30. The highest BCUT2D eigenvalue weighted by molar-refractivity contribution is 8.14. The normalized spacial score (nSPS) is 21.5. The molecule has 0 bridgehead atoms. The van der Waals surface area contributed by atoms with Gasteiger partial charge in [-0.05, 0) is 38.1 Å². The van der Waals surface area contributed by atoms with Crippen molar-refractivity contribution in [3.8, 4) is 5.75 Å². The van der Waals surface area contributed by atoms with E-state index in [0.717, 1.165) is 11.8 Å². The summed E-state index contributed by atoms with van der Waals surface area (Å²) < 4.78 is 10.7. The third kappa shape index (κ3) is 4.48. The van der Waals surface area contributed by atoms with E-state index in [0.29, 0.717) is 24.4 Å². The number of thioether (sulfide) groups is 1. The molecule has 1 heterocycles. The number of rotatable bonds is 4. The molecule has 1 fully saturated rings. The Hall–Kier alpha value is -1.53. The summed E-state index contributed by atoms with van der Waals surface area (Å²) in [7, 11) is 1.58. The molecular weight excluding hydrogens is 302 g/mol. The summed E-state index contributed by atoms with van der Waals surface area (Å²) >= 11 is 1.05. The molecule has 0 saturated carbocycles. The summed E-state index contributed by atoms with van der Waals surface area (Å²) in [5.74, 6) is 0.789. The molecule has 22 heavy (non-hydrogen) atoms. The molecule has 0 N–H and O–H groups in total. The summed E-state index contributed by atoms with van der Waals surface area (Å²) in [5, 5.41) is -0.0659. The van der Waals surface area contributed by atoms with Crippen LogP contribution in [0.4, 0.5) is 4.79 Å². The second-order valence-electron chi connectivity index (χ2n) is 5.37. The molecule has 1 aliphatic rings. The van der Waals surface area contributed by atoms with E-state index >= 15 is 0 Å². The van der Waals surface area contributed by atoms with Gasteiger partial charge in [0.2, 0.25) is 0 Å². The third-order valence-electron chi connectivity index (χ3n) is 3.42. The zero-order chi connectivity index (χ0) is 16.1. The molecule has 2 atom stereocenters. The van der Waals surface area contributed by atoms with E-state index in [9.17, 15) is 9.59 Å². The van der Waals surface area contributed by atoms with Crippen molar-refractivity contribution in [1.82, 2.24) is 4.90 Å². The Morgan fingerprint density at radius 2 is 1.82 bits per heavy atom. The average molecular weight is 323 g/mol. The zero-order valence-corrected chi connectivity index (χ0v) is 13.9. The number of morpholine rings is 1. The van der Waals surface area contributed by atoms with E-state index in [-0.39, 0.29) is 29.0 Å². The zero-order valence-electron chi connectivity index (χ0n) is 13.1. The van der Waals surface area contributed by atoms with Crippen LogP contribution in [0.5, 0.6) is 5.75 Å². The van der Waals surface area contributed by atoms with Crippen LogP contribution in [0, 0.1) is 0 Å². The van der Waals surface area contributed by atoms with E-state index in [1.165, 1.54) is 0 Å². The summed E-state index contributed by atoms with van der Waals surface area (Å²) in [6.07, 6.45) is 0.0659. The molecular formula is C16H21NO4S. The van der Waals surface area contributed by atoms with Crippen LogP contribution in [0.3, 0.4) is 0 Å². The third-order valence-corrected chi connectivity index (χ3v) is 4.33. The van der Waals surface area contributed by atoms with E-state index in [1.807, 2.05) is 13.8 Å². The maximum absolute atomic E-state index is 12.2. The predicted molar refractivity (Wildman–Crippen MR) is 86.8 cm³/mol. The summed E-state index contributed by atoms with van der Waals surface area (Å²) in [4.78, 5) is 26.0. The molecule has 0 aliphatic carbocycles. The van der Waals surface area contributed by atoms with Gasteiger partial charge in [0.1, 0.15) is 5.75 Å². The fourth-order valence-electron chi connectivity index (χ4n) is 2.41. The van der Waals surface area contributed by atoms with Crippen LogP contribution < -0.4 is 4.74 Å². The van der Waals surface area contributed by atoms with Crippen LogP contribution in [0.1, 0.15) is 24.2 Å². The number of hydrogen-bond acceptors (Lipinski definition) is 5. The minimum Gasteiger partial charge on any atom is -0.497 e. The maximum atomic E-state index is 12.2. The first-order valence-corrected chi connectivity index (χ1v) is 8.22. The smallest absolute Gasteiger partial charge is 0.282 e. The monoisotopic (exact) mass is 323 g/mol. The van der Waals surface area contributed by atoms with E-state index in [1.54, 1.807) is 36.3 Å². The standard InChI is InChI=1S/C16H21NO4S/c1-11-8-17(9-12(2)21-11)16(19)22-10-15(18)13-4-6-14(20-3)7-5-13/h4-7,11-12H,8-10H2,1-3H3/t11-,12+. The van der Waals surface area contributed by atoms with Gasteiger partial charge in [0.05, 0.1) is 25.1 Å². The van der Waals surface area contributed by atoms with Gasteiger partial charge in [0.15, 0.2) is 5.78 Å². The maximum Gasteiger partial charge on any atom is 0.282 e. The molecule has 1 aromatic carbocycles. The first kappa shape index (κ1) is 16.8. The van der Waals surface area contributed by atoms with Crippen LogP contribution in [-0.4, -0.2) is 54.1 Å². The van der Waals surface area contributed by atoms with Crippen LogP contribution in [0.25, 0.3) is 0 Å². The molecule has 0 unspecified atom stereocenters. The molecule has 120 valence electrons. The highest BCUT2D eigenvalue weighted by atomic mass is 32.2. The van der Waals surface area contributed by atoms with Gasteiger partial charge in [-0.3, -0.25) is 9.59 Å². The number of ketones is 1. The number of methoxy groups -OCH3 is 1. The fourth-order valence-corrected chi connectivity index (χ4v) is 3.16. The number of hydrogen-bond donors (Lipinski definition) is 0. The molecule has 2 rings (SSSR count). The Balaban J connectivity index is 1.85. The van der Waals surface area contributed by atoms with Gasteiger partial charge in [-0.1, -0.05) is 11.8 Å². The minimum absolute atomic E-state index is 0.0330. The summed E-state index contributed by atoms with van der Waals surface area (Å²) in [5.41, 5.74) is 0.588. The highest BCUT2D eigenvalue weighted by Gasteiger charge is 2.26. The van der Waals surface area contributed by atoms with Gasteiger partial charge in [-0.25, -0.2) is 0 Å². The van der Waals surface area contributed by atoms with Crippen molar-refractivity contribution in [1.29, 1.82) is 0 Å². The molecule has 0 spiro atoms. The highest BCUT2D eigenvalue weighted by Crippen LogP contribution is 2.18. The Bertz CT molecular complexity index is 521. The first-order valence-electron chi connectivity index (χ1n) is 7.24. The van der Waals surface area contributed by atoms with Crippen molar-refractivity contribution < 1.29 is 19.1 Å². The Labute approximate surface area is 135 Å². The minimum atomic E-state index is -0.0659. The molecule has 5 nitrogen and oxygen atoms in total. The molecule has 0 aromatic heterocycles. The van der Waals surface area contributed by atoms with Crippen molar-refractivity contribution in [3.05, 3.63) is 29.8 Å². The van der Waals surface area contributed by atoms with Gasteiger partial charge >= 0.3 is 0 Å². The first-order chi connectivity index (χ1) is 10.5. The lowest BCUT2D eigenvalue weighted by Crippen LogP contribution is -2.47. The number of benzene rings is 1.